The Labute approximate surface area is 143 Å². The molecule has 24 heavy (non-hydrogen) atoms. The van der Waals surface area contributed by atoms with Gasteiger partial charge in [0.05, 0.1) is 5.56 Å². The van der Waals surface area contributed by atoms with Gasteiger partial charge in [0.1, 0.15) is 0 Å². The normalized spacial score (nSPS) is 17.6. The molecule has 1 unspecified atom stereocenters. The van der Waals surface area contributed by atoms with Crippen LogP contribution in [0.25, 0.3) is 0 Å². The van der Waals surface area contributed by atoms with E-state index >= 15 is 0 Å². The van der Waals surface area contributed by atoms with E-state index in [9.17, 15) is 4.79 Å². The number of aromatic nitrogens is 2. The number of benzene rings is 1. The molecule has 5 nitrogen and oxygen atoms in total. The highest BCUT2D eigenvalue weighted by Gasteiger charge is 2.26. The molecule has 1 atom stereocenters. The Morgan fingerprint density at radius 1 is 1.21 bits per heavy atom. The van der Waals surface area contributed by atoms with E-state index in [1.807, 2.05) is 47.2 Å². The quantitative estimate of drug-likeness (QED) is 0.861. The average Bonchev–Trinajstić information content (AvgIpc) is 2.67. The fourth-order valence-corrected chi connectivity index (χ4v) is 3.23. The lowest BCUT2D eigenvalue weighted by Crippen LogP contribution is -2.43. The second kappa shape index (κ2) is 7.43. The number of carbonyl (C=O) groups is 1. The van der Waals surface area contributed by atoms with Crippen LogP contribution in [0.2, 0.25) is 0 Å². The van der Waals surface area contributed by atoms with Gasteiger partial charge in [0.15, 0.2) is 0 Å². The van der Waals surface area contributed by atoms with Crippen molar-refractivity contribution in [3.63, 3.8) is 0 Å². The number of carbonyl (C=O) groups excluding carboxylic acids is 1. The molecule has 1 amide bonds. The molecule has 2 heterocycles. The highest BCUT2D eigenvalue weighted by Crippen LogP contribution is 2.23. The zero-order valence-corrected chi connectivity index (χ0v) is 14.4. The second-order valence-corrected chi connectivity index (χ2v) is 6.22. The zero-order chi connectivity index (χ0) is 16.9. The Morgan fingerprint density at radius 3 is 2.58 bits per heavy atom. The first-order chi connectivity index (χ1) is 11.7. The fourth-order valence-electron chi connectivity index (χ4n) is 3.23. The highest BCUT2D eigenvalue weighted by molar-refractivity contribution is 5.94. The van der Waals surface area contributed by atoms with Crippen LogP contribution in [0.1, 0.15) is 43.0 Å². The Morgan fingerprint density at radius 2 is 1.92 bits per heavy atom. The first-order valence-electron chi connectivity index (χ1n) is 8.62. The van der Waals surface area contributed by atoms with E-state index in [4.69, 9.17) is 0 Å². The number of nitrogens with zero attached hydrogens (tertiary/aromatic N) is 4. The predicted molar refractivity (Wildman–Crippen MR) is 95.5 cm³/mol. The molecule has 0 aliphatic carbocycles. The topological polar surface area (TPSA) is 49.3 Å². The predicted octanol–water partition coefficient (Wildman–Crippen LogP) is 3.65. The van der Waals surface area contributed by atoms with Crippen LogP contribution in [0.15, 0.2) is 42.7 Å². The van der Waals surface area contributed by atoms with Crippen LogP contribution in [0, 0.1) is 0 Å². The van der Waals surface area contributed by atoms with E-state index in [2.05, 4.69) is 16.9 Å². The lowest BCUT2D eigenvalue weighted by molar-refractivity contribution is 0.0607. The minimum absolute atomic E-state index is 0.0514. The molecule has 5 heteroatoms. The number of piperidine rings is 1. The van der Waals surface area contributed by atoms with Gasteiger partial charge < -0.3 is 9.80 Å². The Hall–Kier alpha value is -2.43. The van der Waals surface area contributed by atoms with Crippen LogP contribution in [-0.2, 0) is 0 Å². The molecule has 3 rings (SSSR count). The van der Waals surface area contributed by atoms with Gasteiger partial charge in [-0.15, -0.1) is 0 Å². The van der Waals surface area contributed by atoms with E-state index < -0.39 is 0 Å². The van der Waals surface area contributed by atoms with Crippen molar-refractivity contribution in [2.45, 2.75) is 38.6 Å². The molecule has 1 aliphatic rings. The monoisotopic (exact) mass is 324 g/mol. The van der Waals surface area contributed by atoms with Crippen molar-refractivity contribution in [2.75, 3.05) is 18.5 Å². The summed E-state index contributed by atoms with van der Waals surface area (Å²) < 4.78 is 0. The summed E-state index contributed by atoms with van der Waals surface area (Å²) in [6.45, 7) is 2.98. The van der Waals surface area contributed by atoms with E-state index in [-0.39, 0.29) is 5.91 Å². The Bertz CT molecular complexity index is 672. The third-order valence-electron chi connectivity index (χ3n) is 4.69. The third kappa shape index (κ3) is 3.40. The lowest BCUT2D eigenvalue weighted by Gasteiger charge is -2.35. The first-order valence-corrected chi connectivity index (χ1v) is 8.62. The Kier molecular flexibility index (Phi) is 5.08. The molecule has 0 bridgehead atoms. The lowest BCUT2D eigenvalue weighted by atomic mass is 9.99. The van der Waals surface area contributed by atoms with Crippen molar-refractivity contribution in [2.24, 2.45) is 0 Å². The number of hydrogen-bond acceptors (Lipinski definition) is 4. The summed E-state index contributed by atoms with van der Waals surface area (Å²) >= 11 is 0. The van der Waals surface area contributed by atoms with Gasteiger partial charge in [-0.25, -0.2) is 9.97 Å². The number of rotatable bonds is 4. The van der Waals surface area contributed by atoms with Crippen LogP contribution < -0.4 is 4.90 Å². The second-order valence-electron chi connectivity index (χ2n) is 6.22. The highest BCUT2D eigenvalue weighted by atomic mass is 16.2. The molecule has 1 aromatic heterocycles. The van der Waals surface area contributed by atoms with Gasteiger partial charge in [-0.3, -0.25) is 4.79 Å². The minimum atomic E-state index is 0.0514. The summed E-state index contributed by atoms with van der Waals surface area (Å²) in [5, 5.41) is 0. The van der Waals surface area contributed by atoms with Gasteiger partial charge in [0.25, 0.3) is 5.91 Å². The van der Waals surface area contributed by atoms with Gasteiger partial charge in [0.2, 0.25) is 5.95 Å². The molecular formula is C19H24N4O. The number of amides is 1. The maximum absolute atomic E-state index is 12.8. The average molecular weight is 324 g/mol. The van der Waals surface area contributed by atoms with Crippen molar-refractivity contribution in [1.82, 2.24) is 14.9 Å². The molecule has 0 spiro atoms. The number of likely N-dealkylation sites (tertiary alicyclic amines) is 1. The van der Waals surface area contributed by atoms with Crippen LogP contribution in [0.3, 0.4) is 0 Å². The van der Waals surface area contributed by atoms with Crippen LogP contribution >= 0.6 is 0 Å². The summed E-state index contributed by atoms with van der Waals surface area (Å²) in [7, 11) is 1.92. The van der Waals surface area contributed by atoms with Crippen molar-refractivity contribution < 1.29 is 4.79 Å². The van der Waals surface area contributed by atoms with E-state index in [1.54, 1.807) is 12.4 Å². The molecule has 0 radical (unpaired) electrons. The van der Waals surface area contributed by atoms with Crippen LogP contribution in [0.4, 0.5) is 11.6 Å². The van der Waals surface area contributed by atoms with Crippen LogP contribution in [0.5, 0.6) is 0 Å². The van der Waals surface area contributed by atoms with Crippen molar-refractivity contribution >= 4 is 17.5 Å². The standard InChI is InChI=1S/C19H24N4O/c1-3-16-9-7-8-12-23(16)18(24)15-13-20-19(21-14-15)22(2)17-10-5-4-6-11-17/h4-6,10-11,13-14,16H,3,7-9,12H2,1-2H3. The van der Waals surface area contributed by atoms with Gasteiger partial charge in [0, 0.05) is 37.7 Å². The van der Waals surface area contributed by atoms with Crippen molar-refractivity contribution in [1.29, 1.82) is 0 Å². The molecule has 126 valence electrons. The summed E-state index contributed by atoms with van der Waals surface area (Å²) in [5.41, 5.74) is 1.58. The van der Waals surface area contributed by atoms with Gasteiger partial charge >= 0.3 is 0 Å². The molecule has 1 aliphatic heterocycles. The molecule has 1 saturated heterocycles. The molecule has 2 aromatic rings. The van der Waals surface area contributed by atoms with Gasteiger partial charge in [-0.2, -0.15) is 0 Å². The van der Waals surface area contributed by atoms with E-state index in [1.165, 1.54) is 6.42 Å². The van der Waals surface area contributed by atoms with E-state index in [0.29, 0.717) is 17.6 Å². The van der Waals surface area contributed by atoms with Crippen molar-refractivity contribution in [3.8, 4) is 0 Å². The SMILES string of the molecule is CCC1CCCCN1C(=O)c1cnc(N(C)c2ccccc2)nc1. The maximum Gasteiger partial charge on any atom is 0.257 e. The zero-order valence-electron chi connectivity index (χ0n) is 14.4. The van der Waals surface area contributed by atoms with Crippen LogP contribution in [-0.4, -0.2) is 40.4 Å². The number of hydrogen-bond donors (Lipinski definition) is 0. The van der Waals surface area contributed by atoms with Gasteiger partial charge in [-0.05, 0) is 37.8 Å². The summed E-state index contributed by atoms with van der Waals surface area (Å²) in [4.78, 5) is 25.4. The molecule has 1 fully saturated rings. The maximum atomic E-state index is 12.8. The number of para-hydroxylation sites is 1. The molecule has 0 N–H and O–H groups in total. The van der Waals surface area contributed by atoms with Crippen molar-refractivity contribution in [3.05, 3.63) is 48.3 Å². The summed E-state index contributed by atoms with van der Waals surface area (Å²) in [6, 6.07) is 10.3. The fraction of sp³-hybridized carbons (Fsp3) is 0.421. The largest absolute Gasteiger partial charge is 0.336 e. The van der Waals surface area contributed by atoms with Gasteiger partial charge in [-0.1, -0.05) is 25.1 Å². The summed E-state index contributed by atoms with van der Waals surface area (Å²) in [6.07, 6.45) is 7.67. The summed E-state index contributed by atoms with van der Waals surface area (Å²) in [5.74, 6) is 0.638. The Balaban J connectivity index is 1.75. The third-order valence-corrected chi connectivity index (χ3v) is 4.69. The molecular weight excluding hydrogens is 300 g/mol. The minimum Gasteiger partial charge on any atom is -0.336 e. The van der Waals surface area contributed by atoms with E-state index in [0.717, 1.165) is 31.5 Å². The molecule has 1 aromatic carbocycles. The number of anilines is 2. The first kappa shape index (κ1) is 16.4. The smallest absolute Gasteiger partial charge is 0.257 e. The molecule has 0 saturated carbocycles.